The van der Waals surface area contributed by atoms with Gasteiger partial charge in [0.1, 0.15) is 5.75 Å². The third-order valence-corrected chi connectivity index (χ3v) is 5.24. The number of hydrogen-bond donors (Lipinski definition) is 1. The topological polar surface area (TPSA) is 72.6 Å². The number of rotatable bonds is 2. The fraction of sp³-hybridized carbons (Fsp3) is 0.294. The molecular formula is C17H18N2O3S. The summed E-state index contributed by atoms with van der Waals surface area (Å²) >= 11 is 1.42. The number of anilines is 2. The number of carbonyl (C=O) groups is 2. The first kappa shape index (κ1) is 15.6. The fourth-order valence-electron chi connectivity index (χ4n) is 2.73. The molecular weight excluding hydrogens is 312 g/mol. The number of nitrogen functional groups attached to an aromatic ring is 1. The van der Waals surface area contributed by atoms with Crippen molar-refractivity contribution in [1.82, 2.24) is 0 Å². The van der Waals surface area contributed by atoms with Gasteiger partial charge in [-0.15, -0.1) is 11.3 Å². The zero-order valence-corrected chi connectivity index (χ0v) is 14.3. The van der Waals surface area contributed by atoms with Crippen LogP contribution in [-0.4, -0.2) is 24.8 Å². The van der Waals surface area contributed by atoms with E-state index in [0.29, 0.717) is 27.6 Å². The van der Waals surface area contributed by atoms with Crippen LogP contribution in [0.4, 0.5) is 10.7 Å². The molecule has 120 valence electrons. The second kappa shape index (κ2) is 5.38. The van der Waals surface area contributed by atoms with Gasteiger partial charge in [-0.3, -0.25) is 9.59 Å². The number of thiophene rings is 1. The zero-order chi connectivity index (χ0) is 16.9. The van der Waals surface area contributed by atoms with Crippen molar-refractivity contribution in [2.24, 2.45) is 0 Å². The van der Waals surface area contributed by atoms with E-state index >= 15 is 0 Å². The Kier molecular flexibility index (Phi) is 3.64. The largest absolute Gasteiger partial charge is 0.479 e. The van der Waals surface area contributed by atoms with E-state index in [2.05, 4.69) is 0 Å². The molecule has 0 fully saturated rings. The highest BCUT2D eigenvalue weighted by Crippen LogP contribution is 2.36. The number of fused-ring (bicyclic) bond motifs is 1. The first-order valence-electron chi connectivity index (χ1n) is 7.29. The lowest BCUT2D eigenvalue weighted by Crippen LogP contribution is -2.42. The van der Waals surface area contributed by atoms with Gasteiger partial charge in [0.2, 0.25) is 0 Å². The van der Waals surface area contributed by atoms with Crippen LogP contribution in [0.15, 0.2) is 18.2 Å². The van der Waals surface area contributed by atoms with Crippen molar-refractivity contribution in [3.63, 3.8) is 0 Å². The highest BCUT2D eigenvalue weighted by atomic mass is 32.1. The van der Waals surface area contributed by atoms with Gasteiger partial charge in [0, 0.05) is 17.5 Å². The van der Waals surface area contributed by atoms with E-state index in [1.165, 1.54) is 16.2 Å². The summed E-state index contributed by atoms with van der Waals surface area (Å²) in [5.41, 5.74) is 8.54. The van der Waals surface area contributed by atoms with Gasteiger partial charge in [-0.25, -0.2) is 0 Å². The van der Waals surface area contributed by atoms with Crippen LogP contribution in [0.2, 0.25) is 0 Å². The van der Waals surface area contributed by atoms with E-state index in [4.69, 9.17) is 10.5 Å². The normalized spacial score (nSPS) is 17.0. The molecule has 1 atom stereocenters. The summed E-state index contributed by atoms with van der Waals surface area (Å²) in [6, 6.07) is 5.13. The number of nitrogens with zero attached hydrogens (tertiary/aromatic N) is 1. The van der Waals surface area contributed by atoms with E-state index in [0.717, 1.165) is 10.4 Å². The van der Waals surface area contributed by atoms with Gasteiger partial charge in [-0.2, -0.15) is 0 Å². The molecule has 2 heterocycles. The number of aryl methyl sites for hydroxylation is 1. The smallest absolute Gasteiger partial charge is 0.267 e. The first-order chi connectivity index (χ1) is 10.8. The quantitative estimate of drug-likeness (QED) is 0.859. The summed E-state index contributed by atoms with van der Waals surface area (Å²) < 4.78 is 5.58. The molecule has 0 saturated carbocycles. The molecule has 23 heavy (non-hydrogen) atoms. The minimum absolute atomic E-state index is 0.133. The van der Waals surface area contributed by atoms with Gasteiger partial charge in [0.05, 0.1) is 16.3 Å². The molecule has 0 spiro atoms. The maximum absolute atomic E-state index is 12.8. The summed E-state index contributed by atoms with van der Waals surface area (Å²) in [6.07, 6.45) is -0.522. The van der Waals surface area contributed by atoms with Crippen LogP contribution < -0.4 is 15.4 Å². The number of ketones is 1. The molecule has 3 rings (SSSR count). The summed E-state index contributed by atoms with van der Waals surface area (Å²) in [6.45, 7) is 5.55. The number of benzene rings is 1. The van der Waals surface area contributed by atoms with Gasteiger partial charge < -0.3 is 15.4 Å². The van der Waals surface area contributed by atoms with Crippen LogP contribution >= 0.6 is 11.3 Å². The van der Waals surface area contributed by atoms with Crippen molar-refractivity contribution < 1.29 is 14.3 Å². The van der Waals surface area contributed by atoms with Gasteiger partial charge in [-0.05, 0) is 44.5 Å². The second-order valence-electron chi connectivity index (χ2n) is 5.69. The maximum Gasteiger partial charge on any atom is 0.267 e. The summed E-state index contributed by atoms with van der Waals surface area (Å²) in [5.74, 6) is 0.332. The molecule has 2 aromatic rings. The zero-order valence-electron chi connectivity index (χ0n) is 13.5. The van der Waals surface area contributed by atoms with Crippen LogP contribution in [-0.2, 0) is 4.79 Å². The number of amides is 1. The molecule has 0 aliphatic carbocycles. The molecule has 0 bridgehead atoms. The fourth-order valence-corrected chi connectivity index (χ4v) is 3.67. The summed E-state index contributed by atoms with van der Waals surface area (Å²) in [7, 11) is 1.68. The Morgan fingerprint density at radius 2 is 2.04 bits per heavy atom. The molecule has 1 aromatic heterocycles. The average molecular weight is 330 g/mol. The number of likely N-dealkylation sites (N-methyl/N-ethyl adjacent to an activating group) is 1. The minimum atomic E-state index is -0.522. The number of carbonyl (C=O) groups excluding carboxylic acids is 2. The molecule has 1 aliphatic rings. The molecule has 0 radical (unpaired) electrons. The van der Waals surface area contributed by atoms with Gasteiger partial charge >= 0.3 is 0 Å². The lowest BCUT2D eigenvalue weighted by atomic mass is 10.00. The van der Waals surface area contributed by atoms with E-state index in [-0.39, 0.29) is 11.7 Å². The average Bonchev–Trinajstić information content (AvgIpc) is 2.77. The van der Waals surface area contributed by atoms with E-state index < -0.39 is 6.10 Å². The van der Waals surface area contributed by atoms with Crippen molar-refractivity contribution in [2.45, 2.75) is 26.9 Å². The maximum atomic E-state index is 12.8. The van der Waals surface area contributed by atoms with E-state index in [9.17, 15) is 9.59 Å². The molecule has 1 aliphatic heterocycles. The summed E-state index contributed by atoms with van der Waals surface area (Å²) in [4.78, 5) is 27.4. The highest BCUT2D eigenvalue weighted by Gasteiger charge is 2.30. The Morgan fingerprint density at radius 1 is 1.35 bits per heavy atom. The van der Waals surface area contributed by atoms with Gasteiger partial charge in [0.15, 0.2) is 11.9 Å². The van der Waals surface area contributed by atoms with E-state index in [1.54, 1.807) is 32.2 Å². The second-order valence-corrected chi connectivity index (χ2v) is 6.95. The minimum Gasteiger partial charge on any atom is -0.479 e. The molecule has 1 aromatic carbocycles. The number of ether oxygens (including phenoxy) is 1. The highest BCUT2D eigenvalue weighted by molar-refractivity contribution is 7.16. The van der Waals surface area contributed by atoms with Crippen LogP contribution in [0.25, 0.3) is 0 Å². The van der Waals surface area contributed by atoms with Crippen molar-refractivity contribution >= 4 is 33.7 Å². The Morgan fingerprint density at radius 3 is 2.65 bits per heavy atom. The third kappa shape index (κ3) is 2.39. The molecule has 5 nitrogen and oxygen atoms in total. The lowest BCUT2D eigenvalue weighted by Gasteiger charge is -2.30. The monoisotopic (exact) mass is 330 g/mol. The number of hydrogen-bond acceptors (Lipinski definition) is 5. The Bertz CT molecular complexity index is 825. The van der Waals surface area contributed by atoms with Crippen molar-refractivity contribution in [2.75, 3.05) is 17.7 Å². The lowest BCUT2D eigenvalue weighted by molar-refractivity contribution is -0.125. The SMILES string of the molecule is Cc1sc(N)c(C(=O)c2ccc3c(c2)N(C)C(=O)C(C)O3)c1C. The molecule has 1 amide bonds. The van der Waals surface area contributed by atoms with Crippen molar-refractivity contribution in [3.05, 3.63) is 39.8 Å². The Balaban J connectivity index is 2.06. The van der Waals surface area contributed by atoms with Crippen LogP contribution in [0.1, 0.15) is 33.3 Å². The Hall–Kier alpha value is -2.34. The molecule has 2 N–H and O–H groups in total. The Labute approximate surface area is 138 Å². The molecule has 6 heteroatoms. The van der Waals surface area contributed by atoms with Crippen LogP contribution in [0.5, 0.6) is 5.75 Å². The van der Waals surface area contributed by atoms with Gasteiger partial charge in [0.25, 0.3) is 5.91 Å². The molecule has 0 saturated heterocycles. The predicted octanol–water partition coefficient (Wildman–Crippen LogP) is 2.92. The van der Waals surface area contributed by atoms with Crippen LogP contribution in [0, 0.1) is 13.8 Å². The number of nitrogens with two attached hydrogens (primary N) is 1. The summed E-state index contributed by atoms with van der Waals surface area (Å²) in [5, 5.41) is 0.525. The first-order valence-corrected chi connectivity index (χ1v) is 8.11. The van der Waals surface area contributed by atoms with Crippen molar-refractivity contribution in [3.8, 4) is 5.75 Å². The standard InChI is InChI=1S/C17H18N2O3S/c1-8-10(3)23-16(18)14(8)15(20)11-5-6-13-12(7-11)19(4)17(21)9(2)22-13/h5-7,9H,18H2,1-4H3. The third-order valence-electron chi connectivity index (χ3n) is 4.20. The van der Waals surface area contributed by atoms with E-state index in [1.807, 2.05) is 13.8 Å². The molecule has 1 unspecified atom stereocenters. The van der Waals surface area contributed by atoms with Crippen molar-refractivity contribution in [1.29, 1.82) is 0 Å². The predicted molar refractivity (Wildman–Crippen MR) is 91.6 cm³/mol. The van der Waals surface area contributed by atoms with Gasteiger partial charge in [-0.1, -0.05) is 0 Å². The van der Waals surface area contributed by atoms with Crippen LogP contribution in [0.3, 0.4) is 0 Å².